The van der Waals surface area contributed by atoms with Crippen molar-refractivity contribution in [3.63, 3.8) is 0 Å². The lowest BCUT2D eigenvalue weighted by atomic mass is 9.74. The zero-order chi connectivity index (χ0) is 23.4. The van der Waals surface area contributed by atoms with Crippen LogP contribution in [0.5, 0.6) is 5.75 Å². The van der Waals surface area contributed by atoms with Crippen molar-refractivity contribution in [3.8, 4) is 5.75 Å². The number of carbonyl (C=O) groups excluding carboxylic acids is 1. The Morgan fingerprint density at radius 2 is 1.94 bits per heavy atom. The molecule has 0 saturated carbocycles. The van der Waals surface area contributed by atoms with Gasteiger partial charge in [-0.15, -0.1) is 0 Å². The number of piperidine rings is 2. The normalized spacial score (nSPS) is 24.1. The number of nitrogens with zero attached hydrogens (tertiary/aromatic N) is 2. The Morgan fingerprint density at radius 3 is 2.76 bits per heavy atom. The van der Waals surface area contributed by atoms with Gasteiger partial charge in [0.1, 0.15) is 18.2 Å². The second-order valence-electron chi connectivity index (χ2n) is 10.1. The number of benzene rings is 2. The largest absolute Gasteiger partial charge is 0.472 e. The molecule has 6 rings (SSSR count). The fourth-order valence-electron chi connectivity index (χ4n) is 6.50. The molecule has 0 amide bonds. The summed E-state index contributed by atoms with van der Waals surface area (Å²) in [7, 11) is 2.00. The van der Waals surface area contributed by atoms with Crippen LogP contribution in [0.15, 0.2) is 36.4 Å². The van der Waals surface area contributed by atoms with Gasteiger partial charge in [-0.25, -0.2) is 9.18 Å². The predicted molar refractivity (Wildman–Crippen MR) is 128 cm³/mol. The molecule has 2 unspecified atom stereocenters. The third-order valence-corrected chi connectivity index (χ3v) is 8.32. The van der Waals surface area contributed by atoms with Gasteiger partial charge in [-0.2, -0.15) is 0 Å². The number of hydrogen-bond acceptors (Lipinski definition) is 4. The first-order valence-electron chi connectivity index (χ1n) is 12.4. The van der Waals surface area contributed by atoms with Gasteiger partial charge in [0.15, 0.2) is 5.72 Å². The average molecular weight is 463 g/mol. The maximum Gasteiger partial charge on any atom is 0.340 e. The highest BCUT2D eigenvalue weighted by molar-refractivity contribution is 6.08. The molecule has 4 heterocycles. The van der Waals surface area contributed by atoms with Gasteiger partial charge >= 0.3 is 5.97 Å². The van der Waals surface area contributed by atoms with E-state index in [9.17, 15) is 9.18 Å². The Hall–Kier alpha value is -2.86. The highest BCUT2D eigenvalue weighted by Gasteiger charge is 2.52. The van der Waals surface area contributed by atoms with Crippen LogP contribution < -0.4 is 4.74 Å². The van der Waals surface area contributed by atoms with E-state index in [2.05, 4.69) is 21.6 Å². The van der Waals surface area contributed by atoms with E-state index < -0.39 is 0 Å². The Balaban J connectivity index is 1.39. The molecule has 2 aromatic carbocycles. The second-order valence-corrected chi connectivity index (χ2v) is 10.1. The van der Waals surface area contributed by atoms with E-state index in [1.54, 1.807) is 12.1 Å². The Kier molecular flexibility index (Phi) is 5.17. The number of ether oxygens (including phenoxy) is 2. The molecule has 178 valence electrons. The first kappa shape index (κ1) is 21.7. The molecule has 3 aliphatic rings. The number of rotatable bonds is 3. The molecule has 0 N–H and O–H groups in total. The molecular formula is C28H31FN2O3. The van der Waals surface area contributed by atoms with E-state index in [1.165, 1.54) is 31.4 Å². The number of halogens is 1. The van der Waals surface area contributed by atoms with Gasteiger partial charge in [-0.1, -0.05) is 12.1 Å². The van der Waals surface area contributed by atoms with Gasteiger partial charge in [-0.3, -0.25) is 4.90 Å². The fourth-order valence-corrected chi connectivity index (χ4v) is 6.50. The van der Waals surface area contributed by atoms with E-state index >= 15 is 0 Å². The Labute approximate surface area is 199 Å². The molecule has 2 atom stereocenters. The summed E-state index contributed by atoms with van der Waals surface area (Å²) in [6.45, 7) is 4.30. The molecule has 0 aliphatic carbocycles. The summed E-state index contributed by atoms with van der Waals surface area (Å²) in [5, 5.41) is 0.962. The number of fused-ring (bicyclic) bond motifs is 3. The quantitative estimate of drug-likeness (QED) is 0.482. The van der Waals surface area contributed by atoms with Crippen LogP contribution in [0.25, 0.3) is 10.9 Å². The lowest BCUT2D eigenvalue weighted by molar-refractivity contribution is -0.177. The minimum Gasteiger partial charge on any atom is -0.472 e. The number of aryl methyl sites for hydroxylation is 1. The first-order valence-corrected chi connectivity index (χ1v) is 12.4. The number of esters is 1. The van der Waals surface area contributed by atoms with Crippen molar-refractivity contribution in [3.05, 3.63) is 64.6 Å². The molecule has 3 aliphatic heterocycles. The lowest BCUT2D eigenvalue weighted by Crippen LogP contribution is -2.64. The van der Waals surface area contributed by atoms with Gasteiger partial charge in [-0.05, 0) is 68.9 Å². The number of aromatic nitrogens is 1. The summed E-state index contributed by atoms with van der Waals surface area (Å²) in [4.78, 5) is 15.9. The zero-order valence-corrected chi connectivity index (χ0v) is 19.9. The van der Waals surface area contributed by atoms with Crippen molar-refractivity contribution in [1.29, 1.82) is 0 Å². The maximum absolute atomic E-state index is 13.4. The van der Waals surface area contributed by atoms with Crippen molar-refractivity contribution in [2.75, 3.05) is 13.1 Å². The topological polar surface area (TPSA) is 43.7 Å². The van der Waals surface area contributed by atoms with Crippen LogP contribution in [0.1, 0.15) is 59.3 Å². The highest BCUT2D eigenvalue weighted by atomic mass is 19.1. The van der Waals surface area contributed by atoms with Crippen LogP contribution in [0.4, 0.5) is 4.39 Å². The van der Waals surface area contributed by atoms with Gasteiger partial charge in [0.05, 0.1) is 5.56 Å². The third kappa shape index (κ3) is 3.26. The Morgan fingerprint density at radius 1 is 1.15 bits per heavy atom. The van der Waals surface area contributed by atoms with Crippen molar-refractivity contribution in [2.24, 2.45) is 13.0 Å². The molecule has 5 nitrogen and oxygen atoms in total. The molecule has 34 heavy (non-hydrogen) atoms. The molecule has 0 bridgehead atoms. The molecule has 1 aromatic heterocycles. The van der Waals surface area contributed by atoms with Crippen LogP contribution in [0.3, 0.4) is 0 Å². The van der Waals surface area contributed by atoms with Crippen LogP contribution in [-0.4, -0.2) is 34.3 Å². The van der Waals surface area contributed by atoms with E-state index in [1.807, 2.05) is 14.0 Å². The summed E-state index contributed by atoms with van der Waals surface area (Å²) in [5.74, 6) is 0.701. The van der Waals surface area contributed by atoms with Crippen molar-refractivity contribution >= 4 is 16.9 Å². The molecule has 6 heteroatoms. The Bertz CT molecular complexity index is 1260. The number of hydrogen-bond donors (Lipinski definition) is 0. The van der Waals surface area contributed by atoms with Crippen molar-refractivity contribution < 1.29 is 18.7 Å². The molecule has 0 radical (unpaired) electrons. The van der Waals surface area contributed by atoms with E-state index in [4.69, 9.17) is 9.47 Å². The second kappa shape index (κ2) is 8.12. The molecule has 1 spiro atoms. The van der Waals surface area contributed by atoms with Gasteiger partial charge in [0.2, 0.25) is 0 Å². The SMILES string of the molecule is Cc1c(C(=O)OCc2ccc(F)cc2)c2c3c(ccc2n1C)OC12CCCCN1CCCC2C3. The van der Waals surface area contributed by atoms with Crippen LogP contribution >= 0.6 is 0 Å². The lowest BCUT2D eigenvalue weighted by Gasteiger charge is -2.56. The summed E-state index contributed by atoms with van der Waals surface area (Å²) >= 11 is 0. The smallest absolute Gasteiger partial charge is 0.340 e. The monoisotopic (exact) mass is 462 g/mol. The third-order valence-electron chi connectivity index (χ3n) is 8.32. The predicted octanol–water partition coefficient (Wildman–Crippen LogP) is 5.51. The first-order chi connectivity index (χ1) is 16.5. The number of carbonyl (C=O) groups is 1. The van der Waals surface area contributed by atoms with E-state index in [0.717, 1.165) is 65.8 Å². The van der Waals surface area contributed by atoms with Crippen molar-refractivity contribution in [2.45, 2.75) is 57.8 Å². The summed E-state index contributed by atoms with van der Waals surface area (Å²) < 4.78 is 27.9. The molecule has 2 saturated heterocycles. The van der Waals surface area contributed by atoms with Gasteiger partial charge in [0.25, 0.3) is 0 Å². The van der Waals surface area contributed by atoms with Crippen LogP contribution in [-0.2, 0) is 24.8 Å². The summed E-state index contributed by atoms with van der Waals surface area (Å²) in [6.07, 6.45) is 6.80. The van der Waals surface area contributed by atoms with Crippen molar-refractivity contribution in [1.82, 2.24) is 9.47 Å². The van der Waals surface area contributed by atoms with Crippen LogP contribution in [0, 0.1) is 18.7 Å². The van der Waals surface area contributed by atoms with Crippen LogP contribution in [0.2, 0.25) is 0 Å². The standard InChI is InChI=1S/C28H31FN2O3/c1-18-25(27(32)33-17-19-7-9-21(29)10-8-19)26-22-16-20-6-5-15-31-14-4-3-13-28(20,31)34-24(22)12-11-23(26)30(18)2/h7-12,20H,3-6,13-17H2,1-2H3. The van der Waals surface area contributed by atoms with Gasteiger partial charge < -0.3 is 14.0 Å². The summed E-state index contributed by atoms with van der Waals surface area (Å²) in [5.41, 5.74) is 4.24. The zero-order valence-electron chi connectivity index (χ0n) is 19.9. The minimum absolute atomic E-state index is 0.112. The van der Waals surface area contributed by atoms with Gasteiger partial charge in [0, 0.05) is 54.6 Å². The minimum atomic E-state index is -0.343. The maximum atomic E-state index is 13.4. The fraction of sp³-hybridized carbons (Fsp3) is 0.464. The average Bonchev–Trinajstić information content (AvgIpc) is 3.11. The molecular weight excluding hydrogens is 431 g/mol. The molecule has 2 fully saturated rings. The summed E-state index contributed by atoms with van der Waals surface area (Å²) in [6, 6.07) is 10.2. The molecule has 3 aromatic rings. The van der Waals surface area contributed by atoms with E-state index in [0.29, 0.717) is 11.5 Å². The highest BCUT2D eigenvalue weighted by Crippen LogP contribution is 2.50. The van der Waals surface area contributed by atoms with E-state index in [-0.39, 0.29) is 24.1 Å².